The van der Waals surface area contributed by atoms with Crippen molar-refractivity contribution in [2.45, 2.75) is 0 Å². The van der Waals surface area contributed by atoms with E-state index in [4.69, 9.17) is 11.8 Å². The van der Waals surface area contributed by atoms with Crippen molar-refractivity contribution in [3.05, 3.63) is 64.3 Å². The van der Waals surface area contributed by atoms with Gasteiger partial charge in [-0.1, -0.05) is 24.3 Å². The molecule has 5 heteroatoms. The first-order valence-corrected chi connectivity index (χ1v) is 7.91. The Labute approximate surface area is 135 Å². The minimum atomic E-state index is 0.576. The van der Waals surface area contributed by atoms with Gasteiger partial charge in [-0.25, -0.2) is 4.85 Å². The fraction of sp³-hybridized carbons (Fsp3) is 0. The molecule has 102 valence electrons. The molecule has 0 spiro atoms. The molecule has 0 N–H and O–H groups in total. The summed E-state index contributed by atoms with van der Waals surface area (Å²) >= 11 is 2.75. The minimum absolute atomic E-state index is 0.576. The van der Waals surface area contributed by atoms with Crippen molar-refractivity contribution >= 4 is 27.7 Å². The van der Waals surface area contributed by atoms with Crippen LogP contribution in [0, 0.1) is 29.2 Å². The van der Waals surface area contributed by atoms with E-state index < -0.39 is 0 Å². The third-order valence-corrected chi connectivity index (χ3v) is 5.16. The Balaban J connectivity index is 2.18. The molecular formula is C17H7N3S2. The van der Waals surface area contributed by atoms with Crippen LogP contribution in [-0.2, 0) is 0 Å². The monoisotopic (exact) mass is 317 g/mol. The zero-order valence-corrected chi connectivity index (χ0v) is 12.8. The van der Waals surface area contributed by atoms with Gasteiger partial charge in [0.1, 0.15) is 17.0 Å². The Morgan fingerprint density at radius 3 is 2.09 bits per heavy atom. The van der Waals surface area contributed by atoms with E-state index in [0.717, 1.165) is 20.9 Å². The molecule has 3 rings (SSSR count). The molecule has 0 aliphatic rings. The van der Waals surface area contributed by atoms with Gasteiger partial charge in [0.05, 0.1) is 12.1 Å². The molecule has 2 aromatic heterocycles. The topological polar surface area (TPSA) is 51.9 Å². The van der Waals surface area contributed by atoms with Crippen LogP contribution in [0.1, 0.15) is 10.4 Å². The lowest BCUT2D eigenvalue weighted by atomic mass is 10.00. The Hall–Kier alpha value is -2.91. The number of rotatable bonds is 2. The van der Waals surface area contributed by atoms with Crippen molar-refractivity contribution in [3.63, 3.8) is 0 Å². The summed E-state index contributed by atoms with van der Waals surface area (Å²) in [5.74, 6) is 0. The summed E-state index contributed by atoms with van der Waals surface area (Å²) in [6, 6.07) is 17.3. The van der Waals surface area contributed by atoms with E-state index >= 15 is 0 Å². The molecule has 0 radical (unpaired) electrons. The summed E-state index contributed by atoms with van der Waals surface area (Å²) in [7, 11) is 0. The summed E-state index contributed by atoms with van der Waals surface area (Å²) in [4.78, 5) is 5.84. The molecule has 0 aliphatic heterocycles. The van der Waals surface area contributed by atoms with Gasteiger partial charge in [-0.2, -0.15) is 21.9 Å². The Kier molecular flexibility index (Phi) is 3.73. The summed E-state index contributed by atoms with van der Waals surface area (Å²) in [6.07, 6.45) is 0. The van der Waals surface area contributed by atoms with Gasteiger partial charge in [0.25, 0.3) is 0 Å². The molecule has 0 bridgehead atoms. The zero-order chi connectivity index (χ0) is 15.5. The lowest BCUT2D eigenvalue weighted by molar-refractivity contribution is 1.49. The molecule has 0 amide bonds. The average molecular weight is 317 g/mol. The van der Waals surface area contributed by atoms with E-state index in [1.165, 1.54) is 22.7 Å². The van der Waals surface area contributed by atoms with Gasteiger partial charge in [-0.3, -0.25) is 0 Å². The Bertz CT molecular complexity index is 904. The van der Waals surface area contributed by atoms with Gasteiger partial charge in [-0.15, -0.1) is 11.3 Å². The van der Waals surface area contributed by atoms with Crippen molar-refractivity contribution < 1.29 is 0 Å². The largest absolute Gasteiger partial charge is 0.241 e. The molecule has 0 fully saturated rings. The van der Waals surface area contributed by atoms with Gasteiger partial charge in [0.15, 0.2) is 0 Å². The van der Waals surface area contributed by atoms with Gasteiger partial charge >= 0.3 is 0 Å². The maximum atomic E-state index is 9.58. The molecule has 0 saturated carbocycles. The zero-order valence-electron chi connectivity index (χ0n) is 11.2. The molecular weight excluding hydrogens is 310 g/mol. The standard InChI is InChI=1S/C17H7N3S2/c1-20-17-8-7-16(22-17)13-4-2-3-12(14(13)10-19)15-6-5-11(9-18)21-15/h2-8H. The lowest BCUT2D eigenvalue weighted by Crippen LogP contribution is -1.86. The van der Waals surface area contributed by atoms with Crippen molar-refractivity contribution in [3.8, 4) is 33.0 Å². The predicted octanol–water partition coefficient (Wildman–Crippen LogP) is 5.44. The van der Waals surface area contributed by atoms with Crippen LogP contribution in [0.4, 0.5) is 5.00 Å². The number of thiophene rings is 2. The van der Waals surface area contributed by atoms with Gasteiger partial charge in [0.2, 0.25) is 5.00 Å². The van der Waals surface area contributed by atoms with Crippen molar-refractivity contribution in [2.24, 2.45) is 0 Å². The lowest BCUT2D eigenvalue weighted by Gasteiger charge is -2.06. The van der Waals surface area contributed by atoms with E-state index in [2.05, 4.69) is 17.0 Å². The number of nitriles is 2. The Morgan fingerprint density at radius 2 is 1.55 bits per heavy atom. The van der Waals surface area contributed by atoms with Crippen LogP contribution >= 0.6 is 22.7 Å². The summed E-state index contributed by atoms with van der Waals surface area (Å²) in [5, 5.41) is 19.1. The first-order valence-electron chi connectivity index (χ1n) is 6.28. The quantitative estimate of drug-likeness (QED) is 0.591. The SMILES string of the molecule is [C-]#[N+]c1ccc(-c2cccc(-c3ccc(C#N)s3)c2C#N)s1. The first-order chi connectivity index (χ1) is 10.8. The number of hydrogen-bond acceptors (Lipinski definition) is 4. The van der Waals surface area contributed by atoms with Crippen molar-refractivity contribution in [2.75, 3.05) is 0 Å². The third-order valence-electron chi connectivity index (χ3n) is 3.13. The van der Waals surface area contributed by atoms with Crippen LogP contribution < -0.4 is 0 Å². The molecule has 22 heavy (non-hydrogen) atoms. The molecule has 3 nitrogen and oxygen atoms in total. The van der Waals surface area contributed by atoms with Gasteiger partial charge in [0, 0.05) is 20.9 Å². The molecule has 0 unspecified atom stereocenters. The second-order valence-corrected chi connectivity index (χ2v) is 6.51. The second-order valence-electron chi connectivity index (χ2n) is 4.37. The summed E-state index contributed by atoms with van der Waals surface area (Å²) in [6.45, 7) is 7.06. The maximum absolute atomic E-state index is 9.58. The molecule has 1 aromatic carbocycles. The van der Waals surface area contributed by atoms with Crippen LogP contribution in [0.3, 0.4) is 0 Å². The number of nitrogens with zero attached hydrogens (tertiary/aromatic N) is 3. The first kappa shape index (κ1) is 14.0. The smallest absolute Gasteiger partial charge is 0.227 e. The normalized spacial score (nSPS) is 9.68. The van der Waals surface area contributed by atoms with Crippen molar-refractivity contribution in [1.29, 1.82) is 10.5 Å². The fourth-order valence-electron chi connectivity index (χ4n) is 2.16. The number of hydrogen-bond donors (Lipinski definition) is 0. The van der Waals surface area contributed by atoms with E-state index in [0.29, 0.717) is 15.4 Å². The summed E-state index contributed by atoms with van der Waals surface area (Å²) < 4.78 is 0. The van der Waals surface area contributed by atoms with E-state index in [-0.39, 0.29) is 0 Å². The van der Waals surface area contributed by atoms with E-state index in [9.17, 15) is 5.26 Å². The van der Waals surface area contributed by atoms with Crippen LogP contribution in [0.5, 0.6) is 0 Å². The molecule has 2 heterocycles. The van der Waals surface area contributed by atoms with Gasteiger partial charge in [-0.05, 0) is 18.2 Å². The highest BCUT2D eigenvalue weighted by Crippen LogP contribution is 2.39. The van der Waals surface area contributed by atoms with Crippen LogP contribution in [0.15, 0.2) is 42.5 Å². The molecule has 0 atom stereocenters. The highest BCUT2D eigenvalue weighted by Gasteiger charge is 2.14. The fourth-order valence-corrected chi connectivity index (χ4v) is 3.82. The highest BCUT2D eigenvalue weighted by atomic mass is 32.1. The van der Waals surface area contributed by atoms with Crippen LogP contribution in [0.2, 0.25) is 0 Å². The van der Waals surface area contributed by atoms with Crippen LogP contribution in [0.25, 0.3) is 25.7 Å². The van der Waals surface area contributed by atoms with Crippen molar-refractivity contribution in [1.82, 2.24) is 0 Å². The summed E-state index contributed by atoms with van der Waals surface area (Å²) in [5.41, 5.74) is 2.23. The molecule has 0 aliphatic carbocycles. The maximum Gasteiger partial charge on any atom is 0.241 e. The second kappa shape index (κ2) is 5.84. The number of benzene rings is 1. The van der Waals surface area contributed by atoms with E-state index in [1.807, 2.05) is 30.3 Å². The molecule has 0 saturated heterocycles. The van der Waals surface area contributed by atoms with Gasteiger partial charge < -0.3 is 0 Å². The third kappa shape index (κ3) is 2.38. The molecule has 3 aromatic rings. The highest BCUT2D eigenvalue weighted by molar-refractivity contribution is 7.19. The van der Waals surface area contributed by atoms with Crippen LogP contribution in [-0.4, -0.2) is 0 Å². The van der Waals surface area contributed by atoms with E-state index in [1.54, 1.807) is 12.1 Å². The average Bonchev–Trinajstić information content (AvgIpc) is 3.22. The minimum Gasteiger partial charge on any atom is -0.227 e. The Morgan fingerprint density at radius 1 is 0.864 bits per heavy atom. The predicted molar refractivity (Wildman–Crippen MR) is 88.8 cm³/mol.